The lowest BCUT2D eigenvalue weighted by molar-refractivity contribution is -0.253. The van der Waals surface area contributed by atoms with Crippen LogP contribution in [0.25, 0.3) is 0 Å². The molecule has 2 aliphatic rings. The highest BCUT2D eigenvalue weighted by Gasteiger charge is 2.34. The van der Waals surface area contributed by atoms with Crippen molar-refractivity contribution in [1.82, 2.24) is 4.90 Å². The number of methoxy groups -OCH3 is 2. The maximum Gasteiger partial charge on any atom is 0.255 e. The number of carbonyl (C=O) groups is 1. The molecule has 3 unspecified atom stereocenters. The van der Waals surface area contributed by atoms with E-state index in [4.69, 9.17) is 18.9 Å². The summed E-state index contributed by atoms with van der Waals surface area (Å²) in [4.78, 5) is 15.1. The number of anilines is 1. The van der Waals surface area contributed by atoms with Gasteiger partial charge in [-0.1, -0.05) is 54.6 Å². The summed E-state index contributed by atoms with van der Waals surface area (Å²) in [6.45, 7) is 2.47. The van der Waals surface area contributed by atoms with E-state index >= 15 is 0 Å². The number of aliphatic hydroxyl groups excluding tert-OH is 1. The van der Waals surface area contributed by atoms with Gasteiger partial charge in [0.05, 0.1) is 33.0 Å². The van der Waals surface area contributed by atoms with Gasteiger partial charge < -0.3 is 29.4 Å². The molecule has 3 atom stereocenters. The lowest BCUT2D eigenvalue weighted by Crippen LogP contribution is -2.41. The fraction of sp³-hybridized carbons (Fsp3) is 0.306. The van der Waals surface area contributed by atoms with Crippen molar-refractivity contribution < 1.29 is 28.8 Å². The summed E-state index contributed by atoms with van der Waals surface area (Å²) in [5, 5.41) is 12.5. The molecule has 0 saturated carbocycles. The number of amides is 1. The van der Waals surface area contributed by atoms with Gasteiger partial charge in [-0.2, -0.15) is 0 Å². The predicted octanol–water partition coefficient (Wildman–Crippen LogP) is 6.05. The van der Waals surface area contributed by atoms with Crippen LogP contribution in [0.5, 0.6) is 11.5 Å². The van der Waals surface area contributed by atoms with Crippen molar-refractivity contribution in [2.24, 2.45) is 0 Å². The SMILES string of the molecule is COc1cc2c(cc1OC)CN(CC1CC(c3ccc(CO)cc3)OC(c3ccc(NC(=O)c4ccccc4)cc3)O1)CC2. The largest absolute Gasteiger partial charge is 0.493 e. The summed E-state index contributed by atoms with van der Waals surface area (Å²) in [7, 11) is 3.33. The molecule has 0 radical (unpaired) electrons. The molecule has 2 aliphatic heterocycles. The maximum absolute atomic E-state index is 12.6. The predicted molar refractivity (Wildman–Crippen MR) is 168 cm³/mol. The molecule has 1 saturated heterocycles. The van der Waals surface area contributed by atoms with Crippen LogP contribution in [-0.2, 0) is 29.0 Å². The smallest absolute Gasteiger partial charge is 0.255 e. The maximum atomic E-state index is 12.6. The topological polar surface area (TPSA) is 89.5 Å². The van der Waals surface area contributed by atoms with Gasteiger partial charge in [0.1, 0.15) is 0 Å². The first-order valence-corrected chi connectivity index (χ1v) is 15.0. The number of benzene rings is 4. The molecule has 8 nitrogen and oxygen atoms in total. The minimum Gasteiger partial charge on any atom is -0.493 e. The molecule has 6 rings (SSSR count). The van der Waals surface area contributed by atoms with Gasteiger partial charge in [-0.25, -0.2) is 0 Å². The molecule has 2 N–H and O–H groups in total. The molecule has 1 amide bonds. The summed E-state index contributed by atoms with van der Waals surface area (Å²) < 4.78 is 24.2. The third kappa shape index (κ3) is 6.79. The number of ether oxygens (including phenoxy) is 4. The Morgan fingerprint density at radius 2 is 1.57 bits per heavy atom. The van der Waals surface area contributed by atoms with E-state index in [9.17, 15) is 9.90 Å². The summed E-state index contributed by atoms with van der Waals surface area (Å²) >= 11 is 0. The number of fused-ring (bicyclic) bond motifs is 1. The van der Waals surface area contributed by atoms with E-state index in [1.165, 1.54) is 11.1 Å². The van der Waals surface area contributed by atoms with Gasteiger partial charge in [-0.3, -0.25) is 9.69 Å². The summed E-state index contributed by atoms with van der Waals surface area (Å²) in [5.41, 5.74) is 6.61. The van der Waals surface area contributed by atoms with Gasteiger partial charge in [0.15, 0.2) is 17.8 Å². The van der Waals surface area contributed by atoms with Crippen molar-refractivity contribution in [1.29, 1.82) is 0 Å². The number of carbonyl (C=O) groups excluding carboxylic acids is 1. The molecule has 0 bridgehead atoms. The number of aliphatic hydroxyl groups is 1. The fourth-order valence-electron chi connectivity index (χ4n) is 5.93. The van der Waals surface area contributed by atoms with Crippen LogP contribution in [-0.4, -0.2) is 49.3 Å². The van der Waals surface area contributed by atoms with Gasteiger partial charge in [-0.15, -0.1) is 0 Å². The number of nitrogens with one attached hydrogen (secondary N) is 1. The quantitative estimate of drug-likeness (QED) is 0.244. The molecule has 1 fully saturated rings. The number of hydrogen-bond acceptors (Lipinski definition) is 7. The molecule has 2 heterocycles. The van der Waals surface area contributed by atoms with Gasteiger partial charge in [-0.05, 0) is 65.1 Å². The Bertz CT molecular complexity index is 1560. The van der Waals surface area contributed by atoms with Crippen LogP contribution in [0, 0.1) is 0 Å². The Balaban J connectivity index is 1.19. The first kappa shape index (κ1) is 29.8. The second-order valence-corrected chi connectivity index (χ2v) is 11.3. The van der Waals surface area contributed by atoms with Crippen molar-refractivity contribution in [3.63, 3.8) is 0 Å². The van der Waals surface area contributed by atoms with Gasteiger partial charge >= 0.3 is 0 Å². The highest BCUT2D eigenvalue weighted by atomic mass is 16.7. The van der Waals surface area contributed by atoms with E-state index in [1.807, 2.05) is 66.7 Å². The lowest BCUT2D eigenvalue weighted by Gasteiger charge is -2.39. The van der Waals surface area contributed by atoms with Gasteiger partial charge in [0, 0.05) is 42.9 Å². The van der Waals surface area contributed by atoms with Crippen LogP contribution in [0.15, 0.2) is 91.0 Å². The molecule has 8 heteroatoms. The van der Waals surface area contributed by atoms with E-state index in [1.54, 1.807) is 26.4 Å². The number of hydrogen-bond donors (Lipinski definition) is 2. The zero-order chi connectivity index (χ0) is 30.5. The summed E-state index contributed by atoms with van der Waals surface area (Å²) in [5.74, 6) is 1.34. The summed E-state index contributed by atoms with van der Waals surface area (Å²) in [6.07, 6.45) is 0.803. The van der Waals surface area contributed by atoms with E-state index in [0.717, 1.165) is 54.2 Å². The van der Waals surface area contributed by atoms with Crippen LogP contribution >= 0.6 is 0 Å². The monoisotopic (exact) mass is 594 g/mol. The second-order valence-electron chi connectivity index (χ2n) is 11.3. The Hall–Kier alpha value is -4.21. The third-order valence-corrected chi connectivity index (χ3v) is 8.35. The standard InChI is InChI=1S/C36H38N2O6/c1-41-33-18-28-16-17-38(21-29(28)19-34(33)42-2)22-31-20-32(25-10-8-24(23-39)9-11-25)44-36(43-31)27-12-14-30(15-13-27)37-35(40)26-6-4-3-5-7-26/h3-15,18-19,31-32,36,39H,16-17,20-23H2,1-2H3,(H,37,40). The van der Waals surface area contributed by atoms with Crippen molar-refractivity contribution in [3.05, 3.63) is 124 Å². The average Bonchev–Trinajstić information content (AvgIpc) is 3.08. The van der Waals surface area contributed by atoms with E-state index in [-0.39, 0.29) is 24.7 Å². The van der Waals surface area contributed by atoms with Crippen LogP contribution < -0.4 is 14.8 Å². The lowest BCUT2D eigenvalue weighted by atomic mass is 9.97. The highest BCUT2D eigenvalue weighted by molar-refractivity contribution is 6.04. The van der Waals surface area contributed by atoms with E-state index in [2.05, 4.69) is 22.3 Å². The third-order valence-electron chi connectivity index (χ3n) is 8.35. The normalized spacial score (nSPS) is 20.0. The van der Waals surface area contributed by atoms with Gasteiger partial charge in [0.2, 0.25) is 0 Å². The first-order chi connectivity index (χ1) is 21.5. The van der Waals surface area contributed by atoms with Crippen LogP contribution in [0.1, 0.15) is 57.0 Å². The minimum atomic E-state index is -0.573. The van der Waals surface area contributed by atoms with Crippen molar-refractivity contribution in [3.8, 4) is 11.5 Å². The Kier molecular flexibility index (Phi) is 9.23. The molecule has 4 aromatic carbocycles. The molecule has 0 aliphatic carbocycles. The van der Waals surface area contributed by atoms with E-state index in [0.29, 0.717) is 17.7 Å². The zero-order valence-corrected chi connectivity index (χ0v) is 25.1. The second kappa shape index (κ2) is 13.6. The number of rotatable bonds is 9. The van der Waals surface area contributed by atoms with E-state index < -0.39 is 6.29 Å². The Labute approximate surface area is 258 Å². The minimum absolute atomic E-state index is 0.000415. The first-order valence-electron chi connectivity index (χ1n) is 15.0. The highest BCUT2D eigenvalue weighted by Crippen LogP contribution is 2.39. The molecule has 228 valence electrons. The van der Waals surface area contributed by atoms with Crippen LogP contribution in [0.4, 0.5) is 5.69 Å². The molecular formula is C36H38N2O6. The molecule has 0 spiro atoms. The average molecular weight is 595 g/mol. The van der Waals surface area contributed by atoms with Crippen LogP contribution in [0.2, 0.25) is 0 Å². The molecule has 44 heavy (non-hydrogen) atoms. The molecular weight excluding hydrogens is 556 g/mol. The molecule has 0 aromatic heterocycles. The van der Waals surface area contributed by atoms with Crippen LogP contribution in [0.3, 0.4) is 0 Å². The Morgan fingerprint density at radius 3 is 2.25 bits per heavy atom. The van der Waals surface area contributed by atoms with Gasteiger partial charge in [0.25, 0.3) is 5.91 Å². The van der Waals surface area contributed by atoms with Crippen molar-refractivity contribution in [2.45, 2.75) is 44.5 Å². The van der Waals surface area contributed by atoms with Crippen molar-refractivity contribution in [2.75, 3.05) is 32.6 Å². The summed E-state index contributed by atoms with van der Waals surface area (Å²) in [6, 6.07) is 28.9. The Morgan fingerprint density at radius 1 is 0.886 bits per heavy atom. The number of nitrogens with zero attached hydrogens (tertiary/aromatic N) is 1. The molecule has 4 aromatic rings. The fourth-order valence-corrected chi connectivity index (χ4v) is 5.93. The van der Waals surface area contributed by atoms with Crippen molar-refractivity contribution >= 4 is 11.6 Å². The zero-order valence-electron chi connectivity index (χ0n) is 25.1.